The molecule has 6 heteroatoms. The molecular formula is C19H19N5S. The maximum atomic E-state index is 6.29. The van der Waals surface area contributed by atoms with Crippen molar-refractivity contribution in [2.75, 3.05) is 5.32 Å². The summed E-state index contributed by atoms with van der Waals surface area (Å²) in [6.07, 6.45) is 1.78. The van der Waals surface area contributed by atoms with Gasteiger partial charge >= 0.3 is 0 Å². The SMILES string of the molecule is CC1(N)NC(=NCc2ccccn2)c2c(-c3ccccc3)csc2N1. The van der Waals surface area contributed by atoms with Crippen LogP contribution in [0, 0.1) is 0 Å². The topological polar surface area (TPSA) is 75.3 Å². The Bertz CT molecular complexity index is 900. The number of benzene rings is 1. The van der Waals surface area contributed by atoms with Gasteiger partial charge in [0.05, 0.1) is 17.8 Å². The van der Waals surface area contributed by atoms with Crippen LogP contribution in [0.4, 0.5) is 5.00 Å². The predicted molar refractivity (Wildman–Crippen MR) is 104 cm³/mol. The molecule has 0 amide bonds. The molecule has 5 nitrogen and oxygen atoms in total. The molecule has 0 saturated carbocycles. The second kappa shape index (κ2) is 6.31. The highest BCUT2D eigenvalue weighted by molar-refractivity contribution is 7.15. The van der Waals surface area contributed by atoms with Gasteiger partial charge in [-0.1, -0.05) is 36.4 Å². The number of nitrogens with two attached hydrogens (primary N) is 1. The molecule has 0 spiro atoms. The van der Waals surface area contributed by atoms with E-state index in [9.17, 15) is 0 Å². The second-order valence-corrected chi connectivity index (χ2v) is 7.04. The third-order valence-corrected chi connectivity index (χ3v) is 4.88. The van der Waals surface area contributed by atoms with Crippen LogP contribution in [0.5, 0.6) is 0 Å². The Hall–Kier alpha value is -2.70. The van der Waals surface area contributed by atoms with Gasteiger partial charge in [-0.25, -0.2) is 0 Å². The van der Waals surface area contributed by atoms with Crippen molar-refractivity contribution in [2.45, 2.75) is 19.3 Å². The Kier molecular flexibility index (Phi) is 3.99. The summed E-state index contributed by atoms with van der Waals surface area (Å²) in [5.74, 6) is 0.0545. The number of amidine groups is 1. The van der Waals surface area contributed by atoms with Crippen molar-refractivity contribution in [3.63, 3.8) is 0 Å². The first-order chi connectivity index (χ1) is 12.1. The Balaban J connectivity index is 1.77. The predicted octanol–water partition coefficient (Wildman–Crippen LogP) is 3.40. The summed E-state index contributed by atoms with van der Waals surface area (Å²) in [4.78, 5) is 9.12. The molecule has 25 heavy (non-hydrogen) atoms. The summed E-state index contributed by atoms with van der Waals surface area (Å²) in [7, 11) is 0. The smallest absolute Gasteiger partial charge is 0.160 e. The summed E-state index contributed by atoms with van der Waals surface area (Å²) in [6, 6.07) is 16.2. The van der Waals surface area contributed by atoms with Crippen molar-refractivity contribution in [1.82, 2.24) is 10.3 Å². The number of pyridine rings is 1. The average molecular weight is 349 g/mol. The zero-order valence-electron chi connectivity index (χ0n) is 13.9. The summed E-state index contributed by atoms with van der Waals surface area (Å²) < 4.78 is 0. The Morgan fingerprint density at radius 2 is 1.92 bits per heavy atom. The normalized spacial score (nSPS) is 20.6. The number of nitrogens with zero attached hydrogens (tertiary/aromatic N) is 2. The Morgan fingerprint density at radius 1 is 1.12 bits per heavy atom. The van der Waals surface area contributed by atoms with E-state index in [0.29, 0.717) is 6.54 Å². The number of rotatable bonds is 3. The van der Waals surface area contributed by atoms with Crippen molar-refractivity contribution in [2.24, 2.45) is 10.7 Å². The molecule has 3 heterocycles. The Morgan fingerprint density at radius 3 is 2.68 bits per heavy atom. The van der Waals surface area contributed by atoms with Gasteiger partial charge in [0.25, 0.3) is 0 Å². The molecule has 1 aromatic carbocycles. The number of thiophene rings is 1. The minimum atomic E-state index is -0.741. The van der Waals surface area contributed by atoms with Crippen LogP contribution in [-0.4, -0.2) is 16.6 Å². The van der Waals surface area contributed by atoms with E-state index >= 15 is 0 Å². The zero-order valence-corrected chi connectivity index (χ0v) is 14.7. The fraction of sp³-hybridized carbons (Fsp3) is 0.158. The molecule has 1 unspecified atom stereocenters. The molecular weight excluding hydrogens is 330 g/mol. The lowest BCUT2D eigenvalue weighted by molar-refractivity contribution is 0.493. The van der Waals surface area contributed by atoms with Crippen molar-refractivity contribution < 1.29 is 0 Å². The molecule has 0 radical (unpaired) electrons. The molecule has 3 aromatic rings. The third kappa shape index (κ3) is 3.26. The van der Waals surface area contributed by atoms with E-state index in [1.54, 1.807) is 17.5 Å². The van der Waals surface area contributed by atoms with Gasteiger partial charge in [0, 0.05) is 17.1 Å². The molecule has 2 aromatic heterocycles. The van der Waals surface area contributed by atoms with Crippen molar-refractivity contribution in [3.8, 4) is 11.1 Å². The maximum Gasteiger partial charge on any atom is 0.160 e. The van der Waals surface area contributed by atoms with Gasteiger partial charge < -0.3 is 10.6 Å². The first kappa shape index (κ1) is 15.8. The van der Waals surface area contributed by atoms with E-state index in [-0.39, 0.29) is 0 Å². The van der Waals surface area contributed by atoms with E-state index < -0.39 is 5.79 Å². The van der Waals surface area contributed by atoms with Crippen LogP contribution in [0.3, 0.4) is 0 Å². The number of aromatic nitrogens is 1. The van der Waals surface area contributed by atoms with Crippen LogP contribution in [0.2, 0.25) is 0 Å². The largest absolute Gasteiger partial charge is 0.342 e. The monoisotopic (exact) mass is 349 g/mol. The van der Waals surface area contributed by atoms with Gasteiger partial charge in [-0.3, -0.25) is 15.7 Å². The molecule has 4 rings (SSSR count). The van der Waals surface area contributed by atoms with Gasteiger partial charge in [0.15, 0.2) is 5.79 Å². The number of hydrogen-bond acceptors (Lipinski definition) is 5. The quantitative estimate of drug-likeness (QED) is 0.677. The van der Waals surface area contributed by atoms with Crippen molar-refractivity contribution in [1.29, 1.82) is 0 Å². The van der Waals surface area contributed by atoms with Crippen LogP contribution in [0.15, 0.2) is 65.1 Å². The van der Waals surface area contributed by atoms with Gasteiger partial charge in [-0.15, -0.1) is 11.3 Å². The van der Waals surface area contributed by atoms with Crippen LogP contribution in [0.25, 0.3) is 11.1 Å². The lowest BCUT2D eigenvalue weighted by Crippen LogP contribution is -2.61. The first-order valence-corrected chi connectivity index (χ1v) is 8.97. The number of anilines is 1. The summed E-state index contributed by atoms with van der Waals surface area (Å²) in [5, 5.41) is 9.83. The number of nitrogens with one attached hydrogen (secondary N) is 2. The molecule has 0 saturated heterocycles. The van der Waals surface area contributed by atoms with E-state index in [2.05, 4.69) is 33.1 Å². The van der Waals surface area contributed by atoms with Gasteiger partial charge in [0.1, 0.15) is 10.8 Å². The molecule has 126 valence electrons. The number of aliphatic imine (C=N–C) groups is 1. The van der Waals surface area contributed by atoms with Crippen LogP contribution < -0.4 is 16.4 Å². The lowest BCUT2D eigenvalue weighted by atomic mass is 10.0. The first-order valence-electron chi connectivity index (χ1n) is 8.09. The second-order valence-electron chi connectivity index (χ2n) is 6.16. The standard InChI is InChI=1S/C19H19N5S/c1-19(20)23-17(22-11-14-9-5-6-10-21-14)16-15(12-25-18(16)24-19)13-7-3-2-4-8-13/h2-10,12,24H,11,20H2,1H3,(H,22,23). The minimum absolute atomic E-state index is 0.503. The molecule has 1 aliphatic rings. The summed E-state index contributed by atoms with van der Waals surface area (Å²) in [5.41, 5.74) is 10.6. The fourth-order valence-electron chi connectivity index (χ4n) is 2.86. The number of fused-ring (bicyclic) bond motifs is 1. The van der Waals surface area contributed by atoms with E-state index in [1.165, 1.54) is 0 Å². The highest BCUT2D eigenvalue weighted by Gasteiger charge is 2.31. The van der Waals surface area contributed by atoms with Crippen LogP contribution >= 0.6 is 11.3 Å². The average Bonchev–Trinajstić information content (AvgIpc) is 3.04. The third-order valence-electron chi connectivity index (χ3n) is 3.99. The highest BCUT2D eigenvalue weighted by Crippen LogP contribution is 2.38. The summed E-state index contributed by atoms with van der Waals surface area (Å²) >= 11 is 1.65. The van der Waals surface area contributed by atoms with Gasteiger partial charge in [-0.05, 0) is 24.6 Å². The molecule has 4 N–H and O–H groups in total. The zero-order chi connectivity index (χ0) is 17.3. The van der Waals surface area contributed by atoms with Crippen LogP contribution in [0.1, 0.15) is 18.2 Å². The van der Waals surface area contributed by atoms with Crippen LogP contribution in [-0.2, 0) is 6.54 Å². The summed E-state index contributed by atoms with van der Waals surface area (Å²) in [6.45, 7) is 2.40. The fourth-order valence-corrected chi connectivity index (χ4v) is 3.95. The number of hydrogen-bond donors (Lipinski definition) is 3. The van der Waals surface area contributed by atoms with Gasteiger partial charge in [-0.2, -0.15) is 0 Å². The van der Waals surface area contributed by atoms with E-state index in [0.717, 1.165) is 33.2 Å². The maximum absolute atomic E-state index is 6.29. The Labute approximate surface area is 150 Å². The minimum Gasteiger partial charge on any atom is -0.342 e. The van der Waals surface area contributed by atoms with Crippen molar-refractivity contribution >= 4 is 22.2 Å². The van der Waals surface area contributed by atoms with Gasteiger partial charge in [0.2, 0.25) is 0 Å². The molecule has 0 bridgehead atoms. The highest BCUT2D eigenvalue weighted by atomic mass is 32.1. The molecule has 1 atom stereocenters. The lowest BCUT2D eigenvalue weighted by Gasteiger charge is -2.34. The molecule has 0 fully saturated rings. The van der Waals surface area contributed by atoms with E-state index in [4.69, 9.17) is 10.7 Å². The van der Waals surface area contributed by atoms with Crippen molar-refractivity contribution in [3.05, 3.63) is 71.4 Å². The van der Waals surface area contributed by atoms with E-state index in [1.807, 2.05) is 43.3 Å². The molecule has 0 aliphatic carbocycles. The molecule has 1 aliphatic heterocycles.